The number of nitrogens with one attached hydrogen (secondary N) is 1. The molecule has 9 heteroatoms. The molecule has 0 bridgehead atoms. The summed E-state index contributed by atoms with van der Waals surface area (Å²) in [6.07, 6.45) is 10.4. The lowest BCUT2D eigenvalue weighted by Gasteiger charge is -2.12. The number of benzene rings is 1. The summed E-state index contributed by atoms with van der Waals surface area (Å²) >= 11 is 0. The number of hydrogen-bond donors (Lipinski definition) is 1. The van der Waals surface area contributed by atoms with Crippen molar-refractivity contribution in [2.24, 2.45) is 7.05 Å². The van der Waals surface area contributed by atoms with Crippen LogP contribution in [0, 0.1) is 13.8 Å². The highest BCUT2D eigenvalue weighted by Crippen LogP contribution is 2.28. The first-order chi connectivity index (χ1) is 13.3. The quantitative estimate of drug-likeness (QED) is 0.558. The first-order valence-electron chi connectivity index (χ1n) is 8.71. The predicted octanol–water partition coefficient (Wildman–Crippen LogP) is 2.23. The third kappa shape index (κ3) is 3.41. The number of hydrogen-bond acceptors (Lipinski definition) is 5. The van der Waals surface area contributed by atoms with Crippen molar-refractivity contribution in [2.75, 3.05) is 0 Å². The Bertz CT molecular complexity index is 1240. The molecule has 0 amide bonds. The van der Waals surface area contributed by atoms with Crippen molar-refractivity contribution < 1.29 is 8.42 Å². The highest BCUT2D eigenvalue weighted by Gasteiger charge is 2.20. The van der Waals surface area contributed by atoms with Crippen LogP contribution < -0.4 is 4.72 Å². The topological polar surface area (TPSA) is 94.2 Å². The van der Waals surface area contributed by atoms with Gasteiger partial charge in [-0.25, -0.2) is 18.1 Å². The van der Waals surface area contributed by atoms with Gasteiger partial charge in [0.25, 0.3) is 0 Å². The van der Waals surface area contributed by atoms with Gasteiger partial charge in [0.2, 0.25) is 10.0 Å². The molecule has 0 unspecified atom stereocenters. The average Bonchev–Trinajstić information content (AvgIpc) is 3.25. The number of nitrogens with zero attached hydrogens (tertiary/aromatic N) is 5. The third-order valence-electron chi connectivity index (χ3n) is 4.58. The van der Waals surface area contributed by atoms with Gasteiger partial charge in [-0.3, -0.25) is 9.67 Å². The van der Waals surface area contributed by atoms with Gasteiger partial charge in [0.05, 0.1) is 29.5 Å². The highest BCUT2D eigenvalue weighted by molar-refractivity contribution is 7.89. The monoisotopic (exact) mass is 396 g/mol. The van der Waals surface area contributed by atoms with E-state index in [0.717, 1.165) is 16.7 Å². The van der Waals surface area contributed by atoms with Crippen molar-refractivity contribution in [1.29, 1.82) is 0 Å². The van der Waals surface area contributed by atoms with Crippen LogP contribution in [0.3, 0.4) is 0 Å². The first kappa shape index (κ1) is 18.3. The Balaban J connectivity index is 1.64. The Kier molecular flexibility index (Phi) is 4.48. The number of imidazole rings is 1. The van der Waals surface area contributed by atoms with Crippen LogP contribution in [-0.2, 0) is 23.6 Å². The van der Waals surface area contributed by atoms with Gasteiger partial charge in [0.1, 0.15) is 0 Å². The zero-order valence-corrected chi connectivity index (χ0v) is 16.6. The van der Waals surface area contributed by atoms with Crippen LogP contribution in [0.25, 0.3) is 16.8 Å². The molecule has 8 nitrogen and oxygen atoms in total. The zero-order valence-electron chi connectivity index (χ0n) is 15.8. The van der Waals surface area contributed by atoms with Crippen LogP contribution in [0.1, 0.15) is 16.8 Å². The molecule has 28 heavy (non-hydrogen) atoms. The van der Waals surface area contributed by atoms with E-state index in [2.05, 4.69) is 19.8 Å². The standard InChI is InChI=1S/C19H20N6O2S/c1-13-6-14(2)18(7-17(13)15-8-21-24(3)11-15)28(26,27)22-9-16-12-25-5-4-20-10-19(25)23-16/h4-8,10-12,22H,9H2,1-3H3. The van der Waals surface area contributed by atoms with Crippen LogP contribution in [-0.4, -0.2) is 32.6 Å². The van der Waals surface area contributed by atoms with Crippen molar-refractivity contribution in [2.45, 2.75) is 25.3 Å². The maximum absolute atomic E-state index is 13.0. The van der Waals surface area contributed by atoms with Gasteiger partial charge in [-0.15, -0.1) is 0 Å². The summed E-state index contributed by atoms with van der Waals surface area (Å²) in [6.45, 7) is 3.86. The van der Waals surface area contributed by atoms with E-state index < -0.39 is 10.0 Å². The molecule has 0 radical (unpaired) electrons. The molecule has 1 N–H and O–H groups in total. The summed E-state index contributed by atoms with van der Waals surface area (Å²) in [5.41, 5.74) is 4.70. The lowest BCUT2D eigenvalue weighted by atomic mass is 10.0. The van der Waals surface area contributed by atoms with Crippen LogP contribution in [0.5, 0.6) is 0 Å². The van der Waals surface area contributed by atoms with Crippen molar-refractivity contribution in [1.82, 2.24) is 28.9 Å². The second kappa shape index (κ2) is 6.84. The molecule has 4 aromatic rings. The van der Waals surface area contributed by atoms with Gasteiger partial charge < -0.3 is 4.40 Å². The summed E-state index contributed by atoms with van der Waals surface area (Å²) in [4.78, 5) is 8.64. The van der Waals surface area contributed by atoms with Crippen LogP contribution in [0.15, 0.2) is 54.2 Å². The minimum Gasteiger partial charge on any atom is -0.304 e. The molecule has 0 saturated carbocycles. The zero-order chi connectivity index (χ0) is 19.9. The molecule has 0 fully saturated rings. The molecule has 0 saturated heterocycles. The Labute approximate surface area is 162 Å². The lowest BCUT2D eigenvalue weighted by molar-refractivity contribution is 0.580. The van der Waals surface area contributed by atoms with Gasteiger partial charge in [0, 0.05) is 37.4 Å². The fourth-order valence-corrected chi connectivity index (χ4v) is 4.47. The molecule has 0 spiro atoms. The highest BCUT2D eigenvalue weighted by atomic mass is 32.2. The fraction of sp³-hybridized carbons (Fsp3) is 0.211. The van der Waals surface area contributed by atoms with Crippen molar-refractivity contribution in [3.05, 3.63) is 66.1 Å². The largest absolute Gasteiger partial charge is 0.304 e. The Morgan fingerprint density at radius 1 is 1.11 bits per heavy atom. The van der Waals surface area contributed by atoms with E-state index in [4.69, 9.17) is 0 Å². The van der Waals surface area contributed by atoms with Gasteiger partial charge in [-0.2, -0.15) is 5.10 Å². The molecule has 4 rings (SSSR count). The SMILES string of the molecule is Cc1cc(C)c(S(=O)(=O)NCc2cn3ccncc3n2)cc1-c1cnn(C)c1. The molecule has 1 aromatic carbocycles. The number of fused-ring (bicyclic) bond motifs is 1. The molecule has 144 valence electrons. The maximum atomic E-state index is 13.0. The van der Waals surface area contributed by atoms with Gasteiger partial charge in [0.15, 0.2) is 5.65 Å². The molecule has 0 aliphatic rings. The summed E-state index contributed by atoms with van der Waals surface area (Å²) in [5.74, 6) is 0. The normalized spacial score (nSPS) is 12.0. The van der Waals surface area contributed by atoms with Crippen molar-refractivity contribution in [3.63, 3.8) is 0 Å². The molecule has 0 aliphatic heterocycles. The third-order valence-corrected chi connectivity index (χ3v) is 6.13. The van der Waals surface area contributed by atoms with E-state index in [0.29, 0.717) is 16.9 Å². The second-order valence-corrected chi connectivity index (χ2v) is 8.47. The van der Waals surface area contributed by atoms with E-state index in [1.807, 2.05) is 26.2 Å². The Morgan fingerprint density at radius 3 is 2.64 bits per heavy atom. The number of rotatable bonds is 5. The summed E-state index contributed by atoms with van der Waals surface area (Å²) in [6, 6.07) is 3.59. The Hall–Kier alpha value is -3.04. The average molecular weight is 396 g/mol. The fourth-order valence-electron chi connectivity index (χ4n) is 3.22. The van der Waals surface area contributed by atoms with Gasteiger partial charge in [-0.1, -0.05) is 6.07 Å². The Morgan fingerprint density at radius 2 is 1.93 bits per heavy atom. The minimum atomic E-state index is -3.71. The molecule has 3 heterocycles. The molecular weight excluding hydrogens is 376 g/mol. The van der Waals surface area contributed by atoms with Crippen molar-refractivity contribution in [3.8, 4) is 11.1 Å². The molecule has 0 aliphatic carbocycles. The number of sulfonamides is 1. The van der Waals surface area contributed by atoms with Crippen LogP contribution in [0.2, 0.25) is 0 Å². The van der Waals surface area contributed by atoms with Crippen LogP contribution in [0.4, 0.5) is 0 Å². The summed E-state index contributed by atoms with van der Waals surface area (Å²) in [7, 11) is -1.88. The lowest BCUT2D eigenvalue weighted by Crippen LogP contribution is -2.24. The van der Waals surface area contributed by atoms with E-state index in [-0.39, 0.29) is 11.4 Å². The predicted molar refractivity (Wildman–Crippen MR) is 105 cm³/mol. The second-order valence-electron chi connectivity index (χ2n) is 6.73. The van der Waals surface area contributed by atoms with Gasteiger partial charge >= 0.3 is 0 Å². The molecular formula is C19H20N6O2S. The van der Waals surface area contributed by atoms with E-state index in [9.17, 15) is 8.42 Å². The molecule has 3 aromatic heterocycles. The number of aryl methyl sites for hydroxylation is 3. The van der Waals surface area contributed by atoms with E-state index in [1.165, 1.54) is 0 Å². The van der Waals surface area contributed by atoms with Crippen LogP contribution >= 0.6 is 0 Å². The maximum Gasteiger partial charge on any atom is 0.241 e. The first-order valence-corrected chi connectivity index (χ1v) is 10.2. The van der Waals surface area contributed by atoms with Crippen molar-refractivity contribution >= 4 is 15.7 Å². The summed E-state index contributed by atoms with van der Waals surface area (Å²) < 4.78 is 32.1. The van der Waals surface area contributed by atoms with E-state index in [1.54, 1.807) is 53.1 Å². The number of aromatic nitrogens is 5. The van der Waals surface area contributed by atoms with E-state index >= 15 is 0 Å². The minimum absolute atomic E-state index is 0.0968. The van der Waals surface area contributed by atoms with Gasteiger partial charge in [-0.05, 0) is 36.6 Å². The molecule has 0 atom stereocenters. The summed E-state index contributed by atoms with van der Waals surface area (Å²) in [5, 5.41) is 4.18. The smallest absolute Gasteiger partial charge is 0.241 e.